The zero-order valence-corrected chi connectivity index (χ0v) is 16.5. The number of ether oxygens (including phenoxy) is 3. The predicted octanol–water partition coefficient (Wildman–Crippen LogP) is 3.85. The number of carbonyl (C=O) groups is 1. The van der Waals surface area contributed by atoms with Crippen LogP contribution in [0, 0.1) is 5.41 Å². The van der Waals surface area contributed by atoms with E-state index in [9.17, 15) is 4.79 Å². The van der Waals surface area contributed by atoms with Gasteiger partial charge < -0.3 is 14.2 Å². The predicted molar refractivity (Wildman–Crippen MR) is 98.4 cm³/mol. The molecule has 0 spiro atoms. The molecule has 1 aromatic rings. The molecule has 1 aliphatic heterocycles. The first-order chi connectivity index (χ1) is 12.5. The Labute approximate surface area is 156 Å². The van der Waals surface area contributed by atoms with Crippen molar-refractivity contribution in [3.8, 4) is 0 Å². The second kappa shape index (κ2) is 8.09. The lowest BCUT2D eigenvalue weighted by atomic mass is 9.69. The summed E-state index contributed by atoms with van der Waals surface area (Å²) in [6.45, 7) is 8.09. The van der Waals surface area contributed by atoms with E-state index < -0.39 is 0 Å². The van der Waals surface area contributed by atoms with Crippen LogP contribution in [0.2, 0.25) is 0 Å². The summed E-state index contributed by atoms with van der Waals surface area (Å²) in [5, 5.41) is 4.73. The molecule has 26 heavy (non-hydrogen) atoms. The highest BCUT2D eigenvalue weighted by molar-refractivity contribution is 5.89. The molecule has 6 nitrogen and oxygen atoms in total. The minimum atomic E-state index is -0.313. The van der Waals surface area contributed by atoms with Crippen molar-refractivity contribution in [2.24, 2.45) is 5.41 Å². The van der Waals surface area contributed by atoms with Crippen LogP contribution >= 0.6 is 0 Å². The third-order valence-corrected chi connectivity index (χ3v) is 5.67. The smallest absolute Gasteiger partial charge is 0.359 e. The SMILES string of the molecule is CCOC(=O)c1nn(C2CCCCO2)c2c1C(CC)CC(C)(COC)C2. The van der Waals surface area contributed by atoms with Gasteiger partial charge in [0.25, 0.3) is 0 Å². The van der Waals surface area contributed by atoms with Crippen molar-refractivity contribution in [1.29, 1.82) is 0 Å². The zero-order valence-electron chi connectivity index (χ0n) is 16.5. The molecule has 1 saturated heterocycles. The lowest BCUT2D eigenvalue weighted by Gasteiger charge is -2.38. The fourth-order valence-electron chi connectivity index (χ4n) is 4.57. The number of nitrogens with zero attached hydrogens (tertiary/aromatic N) is 2. The summed E-state index contributed by atoms with van der Waals surface area (Å²) in [7, 11) is 1.76. The summed E-state index contributed by atoms with van der Waals surface area (Å²) < 4.78 is 18.8. The maximum absolute atomic E-state index is 12.6. The maximum atomic E-state index is 12.6. The van der Waals surface area contributed by atoms with E-state index in [2.05, 4.69) is 13.8 Å². The summed E-state index contributed by atoms with van der Waals surface area (Å²) in [6.07, 6.45) is 5.88. The molecule has 0 radical (unpaired) electrons. The second-order valence-corrected chi connectivity index (χ2v) is 7.92. The van der Waals surface area contributed by atoms with Crippen LogP contribution < -0.4 is 0 Å². The van der Waals surface area contributed by atoms with Gasteiger partial charge in [0.2, 0.25) is 0 Å². The highest BCUT2D eigenvalue weighted by atomic mass is 16.5. The van der Waals surface area contributed by atoms with Gasteiger partial charge in [0.1, 0.15) is 6.23 Å². The van der Waals surface area contributed by atoms with Crippen molar-refractivity contribution < 1.29 is 19.0 Å². The number of methoxy groups -OCH3 is 1. The molecule has 6 heteroatoms. The Balaban J connectivity index is 2.07. The minimum absolute atomic E-state index is 0.0425. The third kappa shape index (κ3) is 3.67. The number of rotatable bonds is 6. The molecule has 3 atom stereocenters. The van der Waals surface area contributed by atoms with Crippen molar-refractivity contribution in [1.82, 2.24) is 9.78 Å². The molecule has 2 aliphatic rings. The Morgan fingerprint density at radius 2 is 2.19 bits per heavy atom. The van der Waals surface area contributed by atoms with Crippen LogP contribution in [0.3, 0.4) is 0 Å². The average molecular weight is 364 g/mol. The van der Waals surface area contributed by atoms with Crippen LogP contribution in [0.1, 0.15) is 86.8 Å². The first kappa shape index (κ1) is 19.4. The van der Waals surface area contributed by atoms with E-state index in [1.54, 1.807) is 7.11 Å². The highest BCUT2D eigenvalue weighted by Gasteiger charge is 2.42. The Morgan fingerprint density at radius 1 is 1.38 bits per heavy atom. The number of aromatic nitrogens is 2. The van der Waals surface area contributed by atoms with E-state index >= 15 is 0 Å². The number of hydrogen-bond donors (Lipinski definition) is 0. The Kier molecular flexibility index (Phi) is 6.03. The Hall–Kier alpha value is -1.40. The van der Waals surface area contributed by atoms with E-state index in [1.165, 1.54) is 0 Å². The van der Waals surface area contributed by atoms with Crippen LogP contribution in [0.25, 0.3) is 0 Å². The standard InChI is InChI=1S/C20H32N2O4/c1-5-14-11-20(3,13-24-4)12-15-17(14)18(19(23)25-6-2)21-22(15)16-9-7-8-10-26-16/h14,16H,5-13H2,1-4H3. The Bertz CT molecular complexity index is 636. The van der Waals surface area contributed by atoms with Gasteiger partial charge in [-0.05, 0) is 56.8 Å². The highest BCUT2D eigenvalue weighted by Crippen LogP contribution is 2.46. The quantitative estimate of drug-likeness (QED) is 0.718. The van der Waals surface area contributed by atoms with Gasteiger partial charge in [-0.3, -0.25) is 0 Å². The number of hydrogen-bond acceptors (Lipinski definition) is 5. The average Bonchev–Trinajstić information content (AvgIpc) is 3.01. The summed E-state index contributed by atoms with van der Waals surface area (Å²) in [6, 6.07) is 0. The molecule has 0 N–H and O–H groups in total. The fourth-order valence-corrected chi connectivity index (χ4v) is 4.57. The van der Waals surface area contributed by atoms with Crippen LogP contribution in [-0.2, 0) is 20.6 Å². The van der Waals surface area contributed by atoms with Gasteiger partial charge in [-0.1, -0.05) is 13.8 Å². The van der Waals surface area contributed by atoms with Crippen molar-refractivity contribution in [3.63, 3.8) is 0 Å². The molecule has 146 valence electrons. The van der Waals surface area contributed by atoms with Gasteiger partial charge in [0.15, 0.2) is 5.69 Å². The minimum Gasteiger partial charge on any atom is -0.461 e. The maximum Gasteiger partial charge on any atom is 0.359 e. The molecule has 3 rings (SSSR count). The Morgan fingerprint density at radius 3 is 2.81 bits per heavy atom. The normalized spacial score (nSPS) is 28.6. The molecule has 1 aliphatic carbocycles. The van der Waals surface area contributed by atoms with Crippen LogP contribution in [0.5, 0.6) is 0 Å². The summed E-state index contributed by atoms with van der Waals surface area (Å²) in [5.74, 6) is -0.0252. The molecular formula is C20H32N2O4. The molecular weight excluding hydrogens is 332 g/mol. The molecule has 0 saturated carbocycles. The second-order valence-electron chi connectivity index (χ2n) is 7.92. The molecule has 3 unspecified atom stereocenters. The lowest BCUT2D eigenvalue weighted by molar-refractivity contribution is -0.0431. The third-order valence-electron chi connectivity index (χ3n) is 5.67. The van der Waals surface area contributed by atoms with Gasteiger partial charge in [-0.15, -0.1) is 0 Å². The van der Waals surface area contributed by atoms with E-state index in [-0.39, 0.29) is 23.5 Å². The van der Waals surface area contributed by atoms with E-state index in [0.717, 1.165) is 56.4 Å². The summed E-state index contributed by atoms with van der Waals surface area (Å²) in [5.41, 5.74) is 2.74. The van der Waals surface area contributed by atoms with E-state index in [1.807, 2.05) is 11.6 Å². The molecule has 1 fully saturated rings. The van der Waals surface area contributed by atoms with Gasteiger partial charge in [-0.25, -0.2) is 9.48 Å². The van der Waals surface area contributed by atoms with Gasteiger partial charge >= 0.3 is 5.97 Å². The number of fused-ring (bicyclic) bond motifs is 1. The van der Waals surface area contributed by atoms with Crippen LogP contribution in [0.15, 0.2) is 0 Å². The number of esters is 1. The summed E-state index contributed by atoms with van der Waals surface area (Å²) in [4.78, 5) is 12.6. The van der Waals surface area contributed by atoms with Crippen LogP contribution in [-0.4, -0.2) is 42.7 Å². The van der Waals surface area contributed by atoms with Gasteiger partial charge in [-0.2, -0.15) is 5.10 Å². The first-order valence-electron chi connectivity index (χ1n) is 9.92. The van der Waals surface area contributed by atoms with Crippen molar-refractivity contribution in [2.45, 2.75) is 71.4 Å². The molecule has 0 amide bonds. The van der Waals surface area contributed by atoms with Crippen molar-refractivity contribution in [3.05, 3.63) is 17.0 Å². The molecule has 2 heterocycles. The van der Waals surface area contributed by atoms with Crippen molar-refractivity contribution in [2.75, 3.05) is 26.9 Å². The zero-order chi connectivity index (χ0) is 18.7. The molecule has 0 bridgehead atoms. The number of carbonyl (C=O) groups excluding carboxylic acids is 1. The lowest BCUT2D eigenvalue weighted by Crippen LogP contribution is -2.34. The largest absolute Gasteiger partial charge is 0.461 e. The van der Waals surface area contributed by atoms with Crippen LogP contribution in [0.4, 0.5) is 0 Å². The van der Waals surface area contributed by atoms with Gasteiger partial charge in [0.05, 0.1) is 13.2 Å². The first-order valence-corrected chi connectivity index (χ1v) is 9.92. The monoisotopic (exact) mass is 364 g/mol. The van der Waals surface area contributed by atoms with E-state index in [4.69, 9.17) is 19.3 Å². The van der Waals surface area contributed by atoms with Gasteiger partial charge in [0, 0.05) is 25.0 Å². The topological polar surface area (TPSA) is 62.6 Å². The molecule has 1 aromatic heterocycles. The molecule has 0 aromatic carbocycles. The summed E-state index contributed by atoms with van der Waals surface area (Å²) >= 11 is 0. The van der Waals surface area contributed by atoms with E-state index in [0.29, 0.717) is 18.9 Å². The fraction of sp³-hybridized carbons (Fsp3) is 0.800. The van der Waals surface area contributed by atoms with Crippen molar-refractivity contribution >= 4 is 5.97 Å².